The summed E-state index contributed by atoms with van der Waals surface area (Å²) in [5.74, 6) is -1.72. The smallest absolute Gasteiger partial charge is 0.260 e. The van der Waals surface area contributed by atoms with Crippen LogP contribution in [0, 0.1) is 11.6 Å². The molecule has 0 atom stereocenters. The molecule has 0 aliphatic carbocycles. The molecule has 2 aromatic carbocycles. The molecule has 0 saturated heterocycles. The predicted octanol–water partition coefficient (Wildman–Crippen LogP) is 4.88. The van der Waals surface area contributed by atoms with E-state index in [9.17, 15) is 13.6 Å². The van der Waals surface area contributed by atoms with Crippen LogP contribution in [-0.2, 0) is 6.54 Å². The van der Waals surface area contributed by atoms with E-state index in [2.05, 4.69) is 9.97 Å². The maximum atomic E-state index is 14.2. The number of carbonyl (C=O) groups is 1. The van der Waals surface area contributed by atoms with E-state index in [-0.39, 0.29) is 18.0 Å². The summed E-state index contributed by atoms with van der Waals surface area (Å²) in [5, 5.41) is 0.292. The first-order chi connectivity index (χ1) is 14.4. The van der Waals surface area contributed by atoms with Crippen molar-refractivity contribution in [1.29, 1.82) is 0 Å². The van der Waals surface area contributed by atoms with E-state index in [4.69, 9.17) is 0 Å². The van der Waals surface area contributed by atoms with Gasteiger partial charge in [-0.15, -0.1) is 0 Å². The van der Waals surface area contributed by atoms with Crippen LogP contribution in [0.3, 0.4) is 0 Å². The van der Waals surface area contributed by atoms with Gasteiger partial charge in [0.15, 0.2) is 10.9 Å². The van der Waals surface area contributed by atoms with Crippen molar-refractivity contribution in [3.8, 4) is 0 Å². The monoisotopic (exact) mass is 424 g/mol. The molecule has 0 aliphatic rings. The SMILES string of the molecule is CN(C)c1ccc(C(=O)N(Cc2cccnc2)c2nc3c(F)cc(F)cc3s2)cc1. The summed E-state index contributed by atoms with van der Waals surface area (Å²) >= 11 is 1.07. The first kappa shape index (κ1) is 19.9. The largest absolute Gasteiger partial charge is 0.378 e. The van der Waals surface area contributed by atoms with Gasteiger partial charge in [-0.3, -0.25) is 14.7 Å². The molecule has 0 N–H and O–H groups in total. The predicted molar refractivity (Wildman–Crippen MR) is 115 cm³/mol. The third-order valence-electron chi connectivity index (χ3n) is 4.57. The maximum Gasteiger partial charge on any atom is 0.260 e. The highest BCUT2D eigenvalue weighted by Crippen LogP contribution is 2.33. The van der Waals surface area contributed by atoms with Gasteiger partial charge >= 0.3 is 0 Å². The molecule has 0 spiro atoms. The highest BCUT2D eigenvalue weighted by molar-refractivity contribution is 7.22. The fourth-order valence-electron chi connectivity index (χ4n) is 3.02. The zero-order valence-electron chi connectivity index (χ0n) is 16.3. The van der Waals surface area contributed by atoms with E-state index in [1.165, 1.54) is 11.0 Å². The minimum absolute atomic E-state index is 0.0448. The van der Waals surface area contributed by atoms with Crippen LogP contribution >= 0.6 is 11.3 Å². The number of fused-ring (bicyclic) bond motifs is 1. The fourth-order valence-corrected chi connectivity index (χ4v) is 4.02. The van der Waals surface area contributed by atoms with Crippen molar-refractivity contribution in [3.05, 3.63) is 83.7 Å². The summed E-state index contributed by atoms with van der Waals surface area (Å²) in [7, 11) is 3.83. The van der Waals surface area contributed by atoms with Gasteiger partial charge in [0, 0.05) is 43.8 Å². The number of aromatic nitrogens is 2. The lowest BCUT2D eigenvalue weighted by Gasteiger charge is -2.20. The maximum absolute atomic E-state index is 14.2. The van der Waals surface area contributed by atoms with Crippen molar-refractivity contribution in [3.63, 3.8) is 0 Å². The number of hydrogen-bond acceptors (Lipinski definition) is 5. The van der Waals surface area contributed by atoms with Crippen LogP contribution in [0.15, 0.2) is 60.9 Å². The second kappa shape index (κ2) is 8.16. The summed E-state index contributed by atoms with van der Waals surface area (Å²) in [4.78, 5) is 25.1. The molecule has 4 aromatic rings. The number of hydrogen-bond donors (Lipinski definition) is 0. The summed E-state index contributed by atoms with van der Waals surface area (Å²) < 4.78 is 28.2. The number of rotatable bonds is 5. The van der Waals surface area contributed by atoms with Crippen molar-refractivity contribution in [1.82, 2.24) is 9.97 Å². The Bertz CT molecular complexity index is 1190. The van der Waals surface area contributed by atoms with Gasteiger partial charge in [-0.1, -0.05) is 17.4 Å². The zero-order valence-corrected chi connectivity index (χ0v) is 17.2. The lowest BCUT2D eigenvalue weighted by atomic mass is 10.1. The van der Waals surface area contributed by atoms with E-state index in [0.29, 0.717) is 15.4 Å². The Balaban J connectivity index is 1.76. The highest BCUT2D eigenvalue weighted by atomic mass is 32.1. The average Bonchev–Trinajstić information content (AvgIpc) is 3.16. The van der Waals surface area contributed by atoms with Crippen molar-refractivity contribution >= 4 is 38.3 Å². The van der Waals surface area contributed by atoms with Crippen LogP contribution in [0.1, 0.15) is 15.9 Å². The van der Waals surface area contributed by atoms with Crippen molar-refractivity contribution in [2.45, 2.75) is 6.54 Å². The van der Waals surface area contributed by atoms with Crippen LogP contribution in [0.4, 0.5) is 19.6 Å². The molecule has 1 amide bonds. The number of carbonyl (C=O) groups excluding carboxylic acids is 1. The van der Waals surface area contributed by atoms with Gasteiger partial charge in [-0.25, -0.2) is 13.8 Å². The third kappa shape index (κ3) is 3.99. The minimum atomic E-state index is -0.753. The van der Waals surface area contributed by atoms with Gasteiger partial charge in [0.05, 0.1) is 11.2 Å². The number of thiazole rings is 1. The molecule has 5 nitrogen and oxygen atoms in total. The summed E-state index contributed by atoms with van der Waals surface area (Å²) in [6.45, 7) is 0.200. The first-order valence-electron chi connectivity index (χ1n) is 9.16. The van der Waals surface area contributed by atoms with E-state index in [1.807, 2.05) is 37.2 Å². The molecule has 0 bridgehead atoms. The van der Waals surface area contributed by atoms with Gasteiger partial charge in [0.2, 0.25) is 0 Å². The summed E-state index contributed by atoms with van der Waals surface area (Å²) in [5.41, 5.74) is 2.27. The van der Waals surface area contributed by atoms with Crippen molar-refractivity contribution in [2.75, 3.05) is 23.9 Å². The van der Waals surface area contributed by atoms with E-state index in [1.54, 1.807) is 30.6 Å². The number of nitrogens with zero attached hydrogens (tertiary/aromatic N) is 4. The molecule has 30 heavy (non-hydrogen) atoms. The van der Waals surface area contributed by atoms with Gasteiger partial charge in [0.1, 0.15) is 11.3 Å². The molecule has 2 heterocycles. The number of amides is 1. The zero-order chi connectivity index (χ0) is 21.3. The Morgan fingerprint density at radius 2 is 1.87 bits per heavy atom. The fraction of sp³-hybridized carbons (Fsp3) is 0.136. The Hall–Kier alpha value is -3.39. The van der Waals surface area contributed by atoms with Gasteiger partial charge in [-0.2, -0.15) is 0 Å². The number of benzene rings is 2. The topological polar surface area (TPSA) is 49.3 Å². The first-order valence-corrected chi connectivity index (χ1v) is 9.98. The van der Waals surface area contributed by atoms with Gasteiger partial charge in [0.25, 0.3) is 5.91 Å². The Morgan fingerprint density at radius 3 is 2.53 bits per heavy atom. The third-order valence-corrected chi connectivity index (χ3v) is 5.60. The molecule has 4 rings (SSSR count). The number of anilines is 2. The normalized spacial score (nSPS) is 10.9. The van der Waals surface area contributed by atoms with E-state index >= 15 is 0 Å². The van der Waals surface area contributed by atoms with Crippen LogP contribution < -0.4 is 9.80 Å². The standard InChI is InChI=1S/C22H18F2N4OS/c1-27(2)17-7-5-15(6-8-17)21(29)28(13-14-4-3-9-25-12-14)22-26-20-18(24)10-16(23)11-19(20)30-22/h3-12H,13H2,1-2H3. The molecule has 0 radical (unpaired) electrons. The Morgan fingerprint density at radius 1 is 1.10 bits per heavy atom. The lowest BCUT2D eigenvalue weighted by molar-refractivity contribution is 0.0985. The highest BCUT2D eigenvalue weighted by Gasteiger charge is 2.23. The molecular formula is C22H18F2N4OS. The second-order valence-electron chi connectivity index (χ2n) is 6.92. The number of halogens is 2. The lowest BCUT2D eigenvalue weighted by Crippen LogP contribution is -2.30. The Kier molecular flexibility index (Phi) is 5.41. The molecular weight excluding hydrogens is 406 g/mol. The second-order valence-corrected chi connectivity index (χ2v) is 7.93. The van der Waals surface area contributed by atoms with Crippen LogP contribution in [0.5, 0.6) is 0 Å². The molecule has 0 saturated carbocycles. The molecule has 8 heteroatoms. The molecule has 152 valence electrons. The molecule has 0 fully saturated rings. The minimum Gasteiger partial charge on any atom is -0.378 e. The van der Waals surface area contributed by atoms with Crippen LogP contribution in [0.25, 0.3) is 10.2 Å². The number of pyridine rings is 1. The summed E-state index contributed by atoms with van der Waals surface area (Å²) in [6.07, 6.45) is 3.30. The van der Waals surface area contributed by atoms with Gasteiger partial charge in [-0.05, 0) is 42.0 Å². The van der Waals surface area contributed by atoms with E-state index in [0.717, 1.165) is 28.7 Å². The average molecular weight is 424 g/mol. The molecule has 0 aliphatic heterocycles. The van der Waals surface area contributed by atoms with Gasteiger partial charge < -0.3 is 4.90 Å². The molecule has 2 aromatic heterocycles. The van der Waals surface area contributed by atoms with Crippen LogP contribution in [-0.4, -0.2) is 30.0 Å². The summed E-state index contributed by atoms with van der Waals surface area (Å²) in [6, 6.07) is 12.8. The van der Waals surface area contributed by atoms with Crippen molar-refractivity contribution < 1.29 is 13.6 Å². The Labute approximate surface area is 176 Å². The van der Waals surface area contributed by atoms with Crippen molar-refractivity contribution in [2.24, 2.45) is 0 Å². The molecule has 0 unspecified atom stereocenters. The quantitative estimate of drug-likeness (QED) is 0.458. The van der Waals surface area contributed by atoms with E-state index < -0.39 is 11.6 Å². The van der Waals surface area contributed by atoms with Crippen LogP contribution in [0.2, 0.25) is 0 Å².